The molecule has 1 amide bonds. The van der Waals surface area contributed by atoms with Crippen molar-refractivity contribution in [2.24, 2.45) is 0 Å². The van der Waals surface area contributed by atoms with Gasteiger partial charge in [-0.2, -0.15) is 0 Å². The van der Waals surface area contributed by atoms with Crippen LogP contribution in [0.5, 0.6) is 5.75 Å². The number of rotatable bonds is 5. The van der Waals surface area contributed by atoms with E-state index in [2.05, 4.69) is 5.43 Å². The Morgan fingerprint density at radius 3 is 2.61 bits per heavy atom. The van der Waals surface area contributed by atoms with Crippen LogP contribution >= 0.6 is 0 Å². The van der Waals surface area contributed by atoms with Gasteiger partial charge in [-0.15, -0.1) is 0 Å². The lowest BCUT2D eigenvalue weighted by Gasteiger charge is -2.36. The van der Waals surface area contributed by atoms with Gasteiger partial charge in [-0.1, -0.05) is 18.2 Å². The second-order valence-corrected chi connectivity index (χ2v) is 8.38. The molecule has 8 heteroatoms. The number of halogens is 3. The number of aromatic hydroxyl groups is 1. The minimum atomic E-state index is -1.23. The fraction of sp³-hybridized carbons (Fsp3) is 0.435. The second kappa shape index (κ2) is 8.88. The molecule has 0 aliphatic carbocycles. The Morgan fingerprint density at radius 1 is 1.10 bits per heavy atom. The number of phenolic OH excluding ortho intramolecular Hbond substituents is 1. The number of likely N-dealkylation sites (tertiary alicyclic amines) is 1. The molecular weight excluding hydrogens is 407 g/mol. The molecule has 2 heterocycles. The monoisotopic (exact) mass is 433 g/mol. The number of alkyl halides is 1. The third-order valence-corrected chi connectivity index (χ3v) is 6.19. The summed E-state index contributed by atoms with van der Waals surface area (Å²) >= 11 is 0. The van der Waals surface area contributed by atoms with Crippen LogP contribution in [0.4, 0.5) is 13.2 Å². The number of hydrogen-bond acceptors (Lipinski definition) is 4. The summed E-state index contributed by atoms with van der Waals surface area (Å²) in [6.07, 6.45) is -0.174. The van der Waals surface area contributed by atoms with Crippen molar-refractivity contribution in [3.63, 3.8) is 0 Å². The van der Waals surface area contributed by atoms with E-state index in [1.165, 1.54) is 18.2 Å². The van der Waals surface area contributed by atoms with E-state index in [-0.39, 0.29) is 18.3 Å². The standard InChI is InChI=1S/C23H26F3N3O2/c1-14-2-3-15(10-18(14)24)12-28-8-7-21(23(28)31)27-29-9-6-17(20(26)13-29)16-4-5-22(30)19(25)11-16/h2-5,10-11,17,20-21,27,30H,6-9,12-13H2,1H3/t17-,20+,21?/m0/s1. The lowest BCUT2D eigenvalue weighted by atomic mass is 9.88. The summed E-state index contributed by atoms with van der Waals surface area (Å²) in [6.45, 7) is 3.18. The summed E-state index contributed by atoms with van der Waals surface area (Å²) in [6, 6.07) is 8.50. The second-order valence-electron chi connectivity index (χ2n) is 8.38. The summed E-state index contributed by atoms with van der Waals surface area (Å²) in [7, 11) is 0. The first-order valence-corrected chi connectivity index (χ1v) is 10.5. The van der Waals surface area contributed by atoms with Crippen LogP contribution in [-0.2, 0) is 11.3 Å². The molecule has 0 radical (unpaired) electrons. The smallest absolute Gasteiger partial charge is 0.241 e. The van der Waals surface area contributed by atoms with Crippen LogP contribution in [0, 0.1) is 18.6 Å². The van der Waals surface area contributed by atoms with Crippen molar-refractivity contribution in [1.29, 1.82) is 0 Å². The predicted molar refractivity (Wildman–Crippen MR) is 110 cm³/mol. The molecule has 3 atom stereocenters. The zero-order chi connectivity index (χ0) is 22.1. The highest BCUT2D eigenvalue weighted by molar-refractivity contribution is 5.83. The summed E-state index contributed by atoms with van der Waals surface area (Å²) in [5.41, 5.74) is 4.97. The number of nitrogens with one attached hydrogen (secondary N) is 1. The van der Waals surface area contributed by atoms with Gasteiger partial charge in [-0.3, -0.25) is 4.79 Å². The molecular formula is C23H26F3N3O2. The third kappa shape index (κ3) is 4.70. The number of hydrazine groups is 1. The van der Waals surface area contributed by atoms with Gasteiger partial charge in [0.1, 0.15) is 18.0 Å². The Labute approximate surface area is 179 Å². The summed E-state index contributed by atoms with van der Waals surface area (Å²) in [4.78, 5) is 14.4. The molecule has 0 bridgehead atoms. The molecule has 2 aliphatic heterocycles. The topological polar surface area (TPSA) is 55.8 Å². The fourth-order valence-electron chi connectivity index (χ4n) is 4.34. The first kappa shape index (κ1) is 21.6. The van der Waals surface area contributed by atoms with Crippen molar-refractivity contribution in [1.82, 2.24) is 15.3 Å². The minimum Gasteiger partial charge on any atom is -0.505 e. The van der Waals surface area contributed by atoms with Crippen LogP contribution in [0.1, 0.15) is 35.4 Å². The predicted octanol–water partition coefficient (Wildman–Crippen LogP) is 3.41. The van der Waals surface area contributed by atoms with Crippen LogP contribution in [0.25, 0.3) is 0 Å². The zero-order valence-corrected chi connectivity index (χ0v) is 17.3. The average Bonchev–Trinajstić information content (AvgIpc) is 3.06. The van der Waals surface area contributed by atoms with E-state index in [0.29, 0.717) is 43.6 Å². The van der Waals surface area contributed by atoms with Gasteiger partial charge in [0.15, 0.2) is 11.6 Å². The van der Waals surface area contributed by atoms with Crippen molar-refractivity contribution >= 4 is 5.91 Å². The van der Waals surface area contributed by atoms with Crippen LogP contribution in [0.15, 0.2) is 36.4 Å². The highest BCUT2D eigenvalue weighted by Crippen LogP contribution is 2.32. The lowest BCUT2D eigenvalue weighted by molar-refractivity contribution is -0.131. The Hall–Kier alpha value is -2.58. The van der Waals surface area contributed by atoms with E-state index in [4.69, 9.17) is 0 Å². The van der Waals surface area contributed by atoms with Gasteiger partial charge >= 0.3 is 0 Å². The molecule has 0 aromatic heterocycles. The Morgan fingerprint density at radius 2 is 1.90 bits per heavy atom. The van der Waals surface area contributed by atoms with E-state index in [1.54, 1.807) is 29.0 Å². The number of carbonyl (C=O) groups is 1. The molecule has 2 fully saturated rings. The number of amides is 1. The largest absolute Gasteiger partial charge is 0.505 e. The van der Waals surface area contributed by atoms with Crippen LogP contribution in [0.2, 0.25) is 0 Å². The molecule has 166 valence electrons. The van der Waals surface area contributed by atoms with Gasteiger partial charge in [-0.05, 0) is 54.7 Å². The average molecular weight is 433 g/mol. The Bertz CT molecular complexity index is 971. The van der Waals surface area contributed by atoms with Crippen molar-refractivity contribution in [3.8, 4) is 5.75 Å². The first-order chi connectivity index (χ1) is 14.8. The molecule has 31 heavy (non-hydrogen) atoms. The number of nitrogens with zero attached hydrogens (tertiary/aromatic N) is 2. The van der Waals surface area contributed by atoms with Gasteiger partial charge in [0.2, 0.25) is 5.91 Å². The summed E-state index contributed by atoms with van der Waals surface area (Å²) in [5, 5.41) is 11.1. The normalized spacial score (nSPS) is 24.7. The SMILES string of the molecule is Cc1ccc(CN2CCC(NN3CC[C@@H](c4ccc(O)c(F)c4)[C@H](F)C3)C2=O)cc1F. The Kier molecular flexibility index (Phi) is 6.20. The number of hydrogen-bond donors (Lipinski definition) is 2. The zero-order valence-electron chi connectivity index (χ0n) is 17.3. The number of aryl methyl sites for hydroxylation is 1. The fourth-order valence-corrected chi connectivity index (χ4v) is 4.34. The third-order valence-electron chi connectivity index (χ3n) is 6.19. The van der Waals surface area contributed by atoms with Crippen LogP contribution in [-0.4, -0.2) is 52.8 Å². The van der Waals surface area contributed by atoms with Crippen molar-refractivity contribution in [2.45, 2.75) is 44.4 Å². The van der Waals surface area contributed by atoms with E-state index in [0.717, 1.165) is 5.56 Å². The molecule has 0 saturated carbocycles. The highest BCUT2D eigenvalue weighted by atomic mass is 19.1. The summed E-state index contributed by atoms with van der Waals surface area (Å²) < 4.78 is 42.2. The Balaban J connectivity index is 1.32. The van der Waals surface area contributed by atoms with Gasteiger partial charge in [0.25, 0.3) is 0 Å². The van der Waals surface area contributed by atoms with E-state index in [1.807, 2.05) is 6.07 Å². The minimum absolute atomic E-state index is 0.0834. The maximum Gasteiger partial charge on any atom is 0.241 e. The van der Waals surface area contributed by atoms with Crippen molar-refractivity contribution in [2.75, 3.05) is 19.6 Å². The number of carbonyl (C=O) groups excluding carboxylic acids is 1. The number of benzene rings is 2. The molecule has 2 aromatic carbocycles. The van der Waals surface area contributed by atoms with Crippen LogP contribution < -0.4 is 5.43 Å². The number of phenols is 1. The molecule has 4 rings (SSSR count). The molecule has 2 N–H and O–H groups in total. The summed E-state index contributed by atoms with van der Waals surface area (Å²) in [5.74, 6) is -2.03. The molecule has 5 nitrogen and oxygen atoms in total. The van der Waals surface area contributed by atoms with E-state index in [9.17, 15) is 23.1 Å². The van der Waals surface area contributed by atoms with E-state index < -0.39 is 29.7 Å². The highest BCUT2D eigenvalue weighted by Gasteiger charge is 2.36. The first-order valence-electron chi connectivity index (χ1n) is 10.5. The number of piperidine rings is 1. The van der Waals surface area contributed by atoms with Crippen LogP contribution in [0.3, 0.4) is 0 Å². The van der Waals surface area contributed by atoms with Crippen molar-refractivity contribution in [3.05, 3.63) is 64.7 Å². The van der Waals surface area contributed by atoms with Gasteiger partial charge in [0, 0.05) is 32.1 Å². The molecule has 2 aromatic rings. The van der Waals surface area contributed by atoms with Gasteiger partial charge in [-0.25, -0.2) is 23.6 Å². The maximum absolute atomic E-state index is 14.8. The van der Waals surface area contributed by atoms with Crippen molar-refractivity contribution < 1.29 is 23.1 Å². The molecule has 0 spiro atoms. The molecule has 2 saturated heterocycles. The molecule has 2 aliphatic rings. The maximum atomic E-state index is 14.8. The van der Waals surface area contributed by atoms with Gasteiger partial charge in [0.05, 0.1) is 0 Å². The quantitative estimate of drug-likeness (QED) is 0.759. The van der Waals surface area contributed by atoms with E-state index >= 15 is 0 Å². The lowest BCUT2D eigenvalue weighted by Crippen LogP contribution is -2.53. The molecule has 1 unspecified atom stereocenters. The van der Waals surface area contributed by atoms with Gasteiger partial charge < -0.3 is 10.0 Å².